The summed E-state index contributed by atoms with van der Waals surface area (Å²) in [5.74, 6) is -1.16. The van der Waals surface area contributed by atoms with E-state index < -0.39 is 31.2 Å². The number of benzene rings is 4. The Morgan fingerprint density at radius 2 is 1.04 bits per heavy atom. The highest BCUT2D eigenvalue weighted by molar-refractivity contribution is 7.92. The van der Waals surface area contributed by atoms with Gasteiger partial charge < -0.3 is 4.74 Å². The van der Waals surface area contributed by atoms with E-state index in [0.29, 0.717) is 13.1 Å². The van der Waals surface area contributed by atoms with Gasteiger partial charge in [0, 0.05) is 43.3 Å². The summed E-state index contributed by atoms with van der Waals surface area (Å²) in [7, 11) is -6.24. The Kier molecular flexibility index (Phi) is 12.0. The van der Waals surface area contributed by atoms with Crippen LogP contribution in [0.5, 0.6) is 0 Å². The molecule has 266 valence electrons. The maximum Gasteiger partial charge on any atom is 0.324 e. The molecule has 9 nitrogen and oxygen atoms in total. The molecule has 0 amide bonds. The van der Waals surface area contributed by atoms with Crippen molar-refractivity contribution in [3.05, 3.63) is 144 Å². The number of hydrogen-bond acceptors (Lipinski definition) is 8. The van der Waals surface area contributed by atoms with Gasteiger partial charge >= 0.3 is 5.97 Å². The molecule has 11 heteroatoms. The maximum atomic E-state index is 12.2. The standard InChI is InChI=1S/C21H25NO4S.C18H21NO3S/c1-15-18(20(21(23)26-2)27(3,24)25)14-22(15)19(16-10-6-4-7-11-16)17-12-8-5-9-13-17;1-14-17(13-23(20,21)22)12-19(14)18(15-8-4-2-5-9-15)16-10-6-3-7-11-16/h4-13,15,18-20H,14H2,1-3H3;2-11,14,17-18H,12-13H2,1H3,(H,20,21,22)/t15-,18+,20+;14-,17-/m11/s1. The molecular weight excluding hydrogens is 673 g/mol. The van der Waals surface area contributed by atoms with Crippen LogP contribution in [0.15, 0.2) is 121 Å². The predicted molar refractivity (Wildman–Crippen MR) is 196 cm³/mol. The molecule has 1 N–H and O–H groups in total. The van der Waals surface area contributed by atoms with Crippen LogP contribution in [0.2, 0.25) is 0 Å². The van der Waals surface area contributed by atoms with Crippen molar-refractivity contribution in [3.8, 4) is 0 Å². The number of carbonyl (C=O) groups is 1. The molecule has 5 atom stereocenters. The predicted octanol–water partition coefficient (Wildman–Crippen LogP) is 5.67. The van der Waals surface area contributed by atoms with E-state index in [1.54, 1.807) is 0 Å². The zero-order chi connectivity index (χ0) is 36.1. The van der Waals surface area contributed by atoms with E-state index in [0.717, 1.165) is 17.4 Å². The first kappa shape index (κ1) is 37.4. The van der Waals surface area contributed by atoms with Crippen LogP contribution in [0.4, 0.5) is 0 Å². The Hall–Kier alpha value is -3.87. The van der Waals surface area contributed by atoms with Gasteiger partial charge in [-0.05, 0) is 36.1 Å². The van der Waals surface area contributed by atoms with E-state index >= 15 is 0 Å². The van der Waals surface area contributed by atoms with E-state index in [4.69, 9.17) is 9.29 Å². The van der Waals surface area contributed by atoms with Gasteiger partial charge in [0.05, 0.1) is 24.9 Å². The molecule has 0 bridgehead atoms. The molecule has 2 aliphatic rings. The third kappa shape index (κ3) is 8.70. The van der Waals surface area contributed by atoms with Gasteiger partial charge in [-0.15, -0.1) is 0 Å². The second kappa shape index (κ2) is 16.0. The van der Waals surface area contributed by atoms with Gasteiger partial charge in [0.25, 0.3) is 10.1 Å². The van der Waals surface area contributed by atoms with Crippen LogP contribution >= 0.6 is 0 Å². The van der Waals surface area contributed by atoms with Gasteiger partial charge in [0.15, 0.2) is 15.1 Å². The molecule has 50 heavy (non-hydrogen) atoms. The molecule has 0 saturated carbocycles. The molecular formula is C39H46N2O7S2. The summed E-state index contributed by atoms with van der Waals surface area (Å²) >= 11 is 0. The Morgan fingerprint density at radius 3 is 1.32 bits per heavy atom. The summed E-state index contributed by atoms with van der Waals surface area (Å²) in [6.45, 7) is 5.18. The average Bonchev–Trinajstić information content (AvgIpc) is 3.11. The zero-order valence-electron chi connectivity index (χ0n) is 28.8. The molecule has 0 spiro atoms. The number of rotatable bonds is 11. The average molecular weight is 719 g/mol. The van der Waals surface area contributed by atoms with Gasteiger partial charge in [-0.3, -0.25) is 19.1 Å². The van der Waals surface area contributed by atoms with E-state index in [1.165, 1.54) is 18.2 Å². The van der Waals surface area contributed by atoms with Crippen molar-refractivity contribution in [2.45, 2.75) is 43.3 Å². The largest absolute Gasteiger partial charge is 0.468 e. The highest BCUT2D eigenvalue weighted by atomic mass is 32.2. The minimum Gasteiger partial charge on any atom is -0.468 e. The first-order valence-corrected chi connectivity index (χ1v) is 20.3. The summed E-state index contributed by atoms with van der Waals surface area (Å²) < 4.78 is 60.5. The number of methoxy groups -OCH3 is 1. The van der Waals surface area contributed by atoms with Gasteiger partial charge in [-0.2, -0.15) is 8.42 Å². The smallest absolute Gasteiger partial charge is 0.324 e. The number of likely N-dealkylation sites (tertiary alicyclic amines) is 2. The molecule has 2 aliphatic heterocycles. The van der Waals surface area contributed by atoms with Crippen LogP contribution in [0, 0.1) is 11.8 Å². The molecule has 2 saturated heterocycles. The lowest BCUT2D eigenvalue weighted by Gasteiger charge is -2.52. The second-order valence-corrected chi connectivity index (χ2v) is 16.9. The number of carbonyl (C=O) groups excluding carboxylic acids is 1. The molecule has 4 aromatic rings. The van der Waals surface area contributed by atoms with E-state index in [-0.39, 0.29) is 41.8 Å². The third-order valence-electron chi connectivity index (χ3n) is 10.0. The molecule has 0 aliphatic carbocycles. The highest BCUT2D eigenvalue weighted by Gasteiger charge is 2.51. The van der Waals surface area contributed by atoms with Crippen LogP contribution < -0.4 is 0 Å². The number of ether oxygens (including phenoxy) is 1. The summed E-state index contributed by atoms with van der Waals surface area (Å²) in [4.78, 5) is 16.7. The van der Waals surface area contributed by atoms with Crippen molar-refractivity contribution in [2.24, 2.45) is 11.8 Å². The summed E-state index contributed by atoms with van der Waals surface area (Å²) in [6, 6.07) is 40.8. The Balaban J connectivity index is 0.000000197. The number of hydrogen-bond donors (Lipinski definition) is 1. The number of sulfone groups is 1. The first-order chi connectivity index (χ1) is 23.8. The fraction of sp³-hybridized carbons (Fsp3) is 0.359. The van der Waals surface area contributed by atoms with E-state index in [1.807, 2.05) is 86.6 Å². The Morgan fingerprint density at radius 1 is 0.680 bits per heavy atom. The minimum absolute atomic E-state index is 0.0107. The van der Waals surface area contributed by atoms with Crippen LogP contribution in [-0.2, 0) is 29.5 Å². The van der Waals surface area contributed by atoms with Crippen LogP contribution in [0.25, 0.3) is 0 Å². The van der Waals surface area contributed by atoms with Gasteiger partial charge in [0.1, 0.15) is 0 Å². The topological polar surface area (TPSA) is 121 Å². The molecule has 0 unspecified atom stereocenters. The Labute approximate surface area is 296 Å². The van der Waals surface area contributed by atoms with Crippen molar-refractivity contribution in [1.29, 1.82) is 0 Å². The minimum atomic E-state index is -3.92. The lowest BCUT2D eigenvalue weighted by Crippen LogP contribution is -2.62. The highest BCUT2D eigenvalue weighted by Crippen LogP contribution is 2.41. The van der Waals surface area contributed by atoms with Crippen LogP contribution in [0.3, 0.4) is 0 Å². The quantitative estimate of drug-likeness (QED) is 0.155. The normalized spacial score (nSPS) is 21.7. The van der Waals surface area contributed by atoms with E-state index in [9.17, 15) is 21.6 Å². The first-order valence-electron chi connectivity index (χ1n) is 16.7. The van der Waals surface area contributed by atoms with Gasteiger partial charge in [0.2, 0.25) is 0 Å². The molecule has 2 fully saturated rings. The molecule has 2 heterocycles. The monoisotopic (exact) mass is 718 g/mol. The van der Waals surface area contributed by atoms with Crippen molar-refractivity contribution in [3.63, 3.8) is 0 Å². The van der Waals surface area contributed by atoms with Crippen molar-refractivity contribution in [1.82, 2.24) is 9.80 Å². The van der Waals surface area contributed by atoms with Gasteiger partial charge in [-0.1, -0.05) is 121 Å². The Bertz CT molecular complexity index is 1830. The summed E-state index contributed by atoms with van der Waals surface area (Å²) in [5.41, 5.74) is 4.66. The van der Waals surface area contributed by atoms with Crippen molar-refractivity contribution in [2.75, 3.05) is 32.2 Å². The van der Waals surface area contributed by atoms with Crippen LogP contribution in [0.1, 0.15) is 48.2 Å². The third-order valence-corrected chi connectivity index (χ3v) is 12.4. The lowest BCUT2D eigenvalue weighted by molar-refractivity contribution is -0.144. The number of nitrogens with zero attached hydrogens (tertiary/aromatic N) is 2. The molecule has 0 radical (unpaired) electrons. The van der Waals surface area contributed by atoms with Crippen molar-refractivity contribution >= 4 is 25.9 Å². The maximum absolute atomic E-state index is 12.2. The number of esters is 1. The molecule has 0 aromatic heterocycles. The summed E-state index contributed by atoms with van der Waals surface area (Å²) in [5, 5.41) is -1.12. The fourth-order valence-corrected chi connectivity index (χ4v) is 9.68. The zero-order valence-corrected chi connectivity index (χ0v) is 30.5. The second-order valence-electron chi connectivity index (χ2n) is 13.3. The van der Waals surface area contributed by atoms with E-state index in [2.05, 4.69) is 58.3 Å². The molecule has 4 aromatic carbocycles. The fourth-order valence-electron chi connectivity index (χ4n) is 7.36. The van der Waals surface area contributed by atoms with Crippen molar-refractivity contribution < 1.29 is 30.9 Å². The SMILES string of the molecule is COC(=O)[C@H]([C@H]1CN(C(c2ccccc2)c2ccccc2)[C@@H]1C)S(C)(=O)=O.C[C@@H]1[C@@H](CS(=O)(=O)O)CN1C(c1ccccc1)c1ccccc1. The van der Waals surface area contributed by atoms with Crippen LogP contribution in [-0.4, -0.2) is 86.7 Å². The van der Waals surface area contributed by atoms with Gasteiger partial charge in [-0.25, -0.2) is 8.42 Å². The lowest BCUT2D eigenvalue weighted by atomic mass is 9.82. The molecule has 6 rings (SSSR count). The summed E-state index contributed by atoms with van der Waals surface area (Å²) in [6.07, 6.45) is 1.11.